The maximum atomic E-state index is 12.1. The predicted octanol–water partition coefficient (Wildman–Crippen LogP) is 5.64. The summed E-state index contributed by atoms with van der Waals surface area (Å²) in [5.74, 6) is 0. The molecule has 0 saturated carbocycles. The van der Waals surface area contributed by atoms with E-state index < -0.39 is 10.1 Å². The third-order valence-corrected chi connectivity index (χ3v) is 5.93. The van der Waals surface area contributed by atoms with E-state index in [0.717, 1.165) is 16.7 Å². The molecule has 0 heterocycles. The summed E-state index contributed by atoms with van der Waals surface area (Å²) in [4.78, 5) is -0.111. The van der Waals surface area contributed by atoms with Gasteiger partial charge in [0.2, 0.25) is 0 Å². The van der Waals surface area contributed by atoms with Gasteiger partial charge in [-0.3, -0.25) is 4.55 Å². The van der Waals surface area contributed by atoms with Gasteiger partial charge in [0, 0.05) is 5.56 Å². The average molecular weight is 487 g/mol. The quantitative estimate of drug-likeness (QED) is 0.218. The third kappa shape index (κ3) is 7.91. The summed E-state index contributed by atoms with van der Waals surface area (Å²) in [6.07, 6.45) is 7.74. The topological polar surface area (TPSA) is 54.4 Å². The molecule has 0 amide bonds. The molecule has 0 aliphatic carbocycles. The van der Waals surface area contributed by atoms with Crippen molar-refractivity contribution in [3.05, 3.63) is 125 Å². The Morgan fingerprint density at radius 3 is 1.41 bits per heavy atom. The van der Waals surface area contributed by atoms with Crippen LogP contribution >= 0.6 is 0 Å². The van der Waals surface area contributed by atoms with E-state index in [4.69, 9.17) is 0 Å². The zero-order valence-electron chi connectivity index (χ0n) is 17.3. The second-order valence-electron chi connectivity index (χ2n) is 7.34. The Morgan fingerprint density at radius 2 is 0.941 bits per heavy atom. The molecule has 0 radical (unpaired) electrons. The van der Waals surface area contributed by atoms with Crippen LogP contribution in [0.25, 0.3) is 35.4 Å². The van der Waals surface area contributed by atoms with Crippen molar-refractivity contribution in [2.45, 2.75) is 4.90 Å². The number of rotatable bonds is 6. The van der Waals surface area contributed by atoms with E-state index >= 15 is 0 Å². The van der Waals surface area contributed by atoms with E-state index in [1.54, 1.807) is 6.07 Å². The van der Waals surface area contributed by atoms with Gasteiger partial charge in [-0.1, -0.05) is 121 Å². The number of hydrogen-bond acceptors (Lipinski definition) is 2. The summed E-state index contributed by atoms with van der Waals surface area (Å²) >= 11 is 0. The maximum absolute atomic E-state index is 12.1. The Kier molecular flexibility index (Phi) is 11.2. The molecule has 0 aromatic heterocycles. The van der Waals surface area contributed by atoms with Crippen LogP contribution in [0.4, 0.5) is 0 Å². The van der Waals surface area contributed by atoms with Gasteiger partial charge in [-0.2, -0.15) is 8.42 Å². The van der Waals surface area contributed by atoms with E-state index in [-0.39, 0.29) is 64.0 Å². The van der Waals surface area contributed by atoms with E-state index in [1.807, 2.05) is 115 Å². The van der Waals surface area contributed by atoms with Crippen molar-refractivity contribution in [1.29, 1.82) is 0 Å². The molecule has 6 heteroatoms. The fourth-order valence-electron chi connectivity index (χ4n) is 3.38. The van der Waals surface area contributed by atoms with Crippen molar-refractivity contribution in [3.63, 3.8) is 0 Å². The van der Waals surface area contributed by atoms with Crippen molar-refractivity contribution in [2.24, 2.45) is 0 Å². The number of benzene rings is 4. The summed E-state index contributed by atoms with van der Waals surface area (Å²) in [6.45, 7) is 0. The van der Waals surface area contributed by atoms with Gasteiger partial charge in [0.25, 0.3) is 10.1 Å². The van der Waals surface area contributed by atoms with Gasteiger partial charge in [0.15, 0.2) is 0 Å². The van der Waals surface area contributed by atoms with E-state index in [0.29, 0.717) is 16.7 Å². The molecule has 162 valence electrons. The predicted molar refractivity (Wildman–Crippen MR) is 147 cm³/mol. The molecule has 0 spiro atoms. The molecule has 0 atom stereocenters. The molecular weight excluding hydrogens is 462 g/mol. The van der Waals surface area contributed by atoms with Gasteiger partial charge < -0.3 is 0 Å². The average Bonchev–Trinajstić information content (AvgIpc) is 2.82. The molecule has 0 unspecified atom stereocenters. The molecule has 4 aromatic carbocycles. The summed E-state index contributed by atoms with van der Waals surface area (Å²) < 4.78 is 34.0. The van der Waals surface area contributed by atoms with Crippen LogP contribution in [0.3, 0.4) is 0 Å². The minimum atomic E-state index is -4.39. The molecular formula is C28H24Na2O3S. The van der Waals surface area contributed by atoms with Crippen LogP contribution in [-0.2, 0) is 10.1 Å². The van der Waals surface area contributed by atoms with Crippen molar-refractivity contribution in [1.82, 2.24) is 0 Å². The summed E-state index contributed by atoms with van der Waals surface area (Å²) in [5, 5.41) is 0. The molecule has 0 aliphatic heterocycles. The van der Waals surface area contributed by atoms with E-state index in [2.05, 4.69) is 0 Å². The molecule has 0 aliphatic rings. The molecule has 4 aromatic rings. The zero-order valence-corrected chi connectivity index (χ0v) is 18.1. The van der Waals surface area contributed by atoms with Gasteiger partial charge in [-0.25, -0.2) is 0 Å². The molecule has 4 rings (SSSR count). The van der Waals surface area contributed by atoms with E-state index in [1.165, 1.54) is 6.07 Å². The SMILES string of the molecule is O=S(=O)(O)c1cc(C=Cc2ccccc2)ccc1-c1ccc(C=Cc2ccccc2)cc1.[NaH].[NaH]. The fraction of sp³-hybridized carbons (Fsp3) is 0. The van der Waals surface area contributed by atoms with E-state index in [9.17, 15) is 13.0 Å². The van der Waals surface area contributed by atoms with Gasteiger partial charge in [0.1, 0.15) is 4.90 Å². The molecule has 3 nitrogen and oxygen atoms in total. The Labute approximate surface area is 245 Å². The normalized spacial score (nSPS) is 11.2. The zero-order chi connectivity index (χ0) is 22.4. The van der Waals surface area contributed by atoms with Crippen molar-refractivity contribution in [2.75, 3.05) is 0 Å². The van der Waals surface area contributed by atoms with Gasteiger partial charge in [0.05, 0.1) is 0 Å². The molecule has 34 heavy (non-hydrogen) atoms. The minimum absolute atomic E-state index is 0. The van der Waals surface area contributed by atoms with Gasteiger partial charge in [-0.15, -0.1) is 0 Å². The molecule has 0 fully saturated rings. The van der Waals surface area contributed by atoms with Crippen LogP contribution in [0, 0.1) is 0 Å². The van der Waals surface area contributed by atoms with Crippen LogP contribution in [0.2, 0.25) is 0 Å². The third-order valence-electron chi connectivity index (χ3n) is 5.04. The van der Waals surface area contributed by atoms with Crippen LogP contribution < -0.4 is 0 Å². The molecule has 0 saturated heterocycles. The fourth-order valence-corrected chi connectivity index (χ4v) is 4.13. The molecule has 0 bridgehead atoms. The number of hydrogen-bond donors (Lipinski definition) is 1. The second kappa shape index (κ2) is 13.4. The first-order chi connectivity index (χ1) is 15.5. The first kappa shape index (κ1) is 28.5. The van der Waals surface area contributed by atoms with Gasteiger partial charge in [-0.05, 0) is 33.9 Å². The van der Waals surface area contributed by atoms with Crippen molar-refractivity contribution < 1.29 is 13.0 Å². The Bertz CT molecular complexity index is 1360. The Hall–Kier alpha value is -1.73. The first-order valence-electron chi connectivity index (χ1n) is 10.2. The van der Waals surface area contributed by atoms with Crippen molar-refractivity contribution >= 4 is 93.5 Å². The summed E-state index contributed by atoms with van der Waals surface area (Å²) in [6, 6.07) is 32.3. The van der Waals surface area contributed by atoms with Crippen LogP contribution in [0.1, 0.15) is 22.3 Å². The Balaban J connectivity index is 0.00000204. The monoisotopic (exact) mass is 486 g/mol. The van der Waals surface area contributed by atoms with Crippen LogP contribution in [-0.4, -0.2) is 72.1 Å². The first-order valence-corrected chi connectivity index (χ1v) is 11.6. The standard InChI is InChI=1S/C28H22O3S.2Na.2H/c29-32(30,31)28-21-25(14-13-23-9-5-2-6-10-23)17-20-27(28)26-18-15-24(16-19-26)12-11-22-7-3-1-4-8-22;;;;/h1-21H,(H,29,30,31);;;;. The summed E-state index contributed by atoms with van der Waals surface area (Å²) in [7, 11) is -4.39. The van der Waals surface area contributed by atoms with Crippen LogP contribution in [0.5, 0.6) is 0 Å². The Morgan fingerprint density at radius 1 is 0.529 bits per heavy atom. The molecule has 1 N–H and O–H groups in total. The summed E-state index contributed by atoms with van der Waals surface area (Å²) in [5.41, 5.74) is 4.96. The van der Waals surface area contributed by atoms with Crippen molar-refractivity contribution in [3.8, 4) is 11.1 Å². The second-order valence-corrected chi connectivity index (χ2v) is 8.73. The van der Waals surface area contributed by atoms with Crippen LogP contribution in [0.15, 0.2) is 108 Å². The van der Waals surface area contributed by atoms with Gasteiger partial charge >= 0.3 is 59.1 Å².